The predicted octanol–water partition coefficient (Wildman–Crippen LogP) is 5.03. The SMILES string of the molecule is Cc1cc(Nc2ccc(Cl)cc2C#N)ccc1Br. The van der Waals surface area contributed by atoms with Crippen LogP contribution in [0.5, 0.6) is 0 Å². The third-order valence-electron chi connectivity index (χ3n) is 2.54. The van der Waals surface area contributed by atoms with E-state index in [4.69, 9.17) is 16.9 Å². The minimum absolute atomic E-state index is 0.531. The number of nitrogens with zero attached hydrogens (tertiary/aromatic N) is 1. The van der Waals surface area contributed by atoms with E-state index in [0.717, 1.165) is 21.4 Å². The molecule has 0 atom stereocenters. The van der Waals surface area contributed by atoms with Gasteiger partial charge < -0.3 is 5.32 Å². The largest absolute Gasteiger partial charge is 0.354 e. The molecule has 90 valence electrons. The number of hydrogen-bond donors (Lipinski definition) is 1. The van der Waals surface area contributed by atoms with Gasteiger partial charge in [-0.2, -0.15) is 5.26 Å². The summed E-state index contributed by atoms with van der Waals surface area (Å²) < 4.78 is 1.06. The number of hydrogen-bond acceptors (Lipinski definition) is 2. The number of anilines is 2. The molecule has 0 aliphatic rings. The lowest BCUT2D eigenvalue weighted by molar-refractivity contribution is 1.41. The minimum Gasteiger partial charge on any atom is -0.354 e. The summed E-state index contributed by atoms with van der Waals surface area (Å²) in [4.78, 5) is 0. The summed E-state index contributed by atoms with van der Waals surface area (Å²) in [7, 11) is 0. The van der Waals surface area contributed by atoms with Gasteiger partial charge in [-0.1, -0.05) is 27.5 Å². The van der Waals surface area contributed by atoms with Crippen LogP contribution in [0.1, 0.15) is 11.1 Å². The Morgan fingerprint density at radius 2 is 2.00 bits per heavy atom. The maximum Gasteiger partial charge on any atom is 0.101 e. The summed E-state index contributed by atoms with van der Waals surface area (Å²) in [6, 6.07) is 13.3. The molecule has 0 saturated carbocycles. The summed E-state index contributed by atoms with van der Waals surface area (Å²) in [6.45, 7) is 2.02. The van der Waals surface area contributed by atoms with E-state index in [1.165, 1.54) is 0 Å². The van der Waals surface area contributed by atoms with Gasteiger partial charge in [-0.15, -0.1) is 0 Å². The van der Waals surface area contributed by atoms with Gasteiger partial charge in [0.25, 0.3) is 0 Å². The smallest absolute Gasteiger partial charge is 0.101 e. The Labute approximate surface area is 119 Å². The molecule has 0 saturated heterocycles. The highest BCUT2D eigenvalue weighted by Gasteiger charge is 2.04. The molecule has 1 N–H and O–H groups in total. The van der Waals surface area contributed by atoms with Crippen molar-refractivity contribution in [3.05, 3.63) is 57.0 Å². The van der Waals surface area contributed by atoms with Crippen molar-refractivity contribution in [2.24, 2.45) is 0 Å². The maximum absolute atomic E-state index is 9.06. The highest BCUT2D eigenvalue weighted by molar-refractivity contribution is 9.10. The summed E-state index contributed by atoms with van der Waals surface area (Å²) in [5.74, 6) is 0. The van der Waals surface area contributed by atoms with Gasteiger partial charge >= 0.3 is 0 Å². The quantitative estimate of drug-likeness (QED) is 0.842. The Balaban J connectivity index is 2.34. The zero-order chi connectivity index (χ0) is 13.1. The van der Waals surface area contributed by atoms with E-state index in [1.54, 1.807) is 18.2 Å². The third kappa shape index (κ3) is 2.84. The molecule has 0 aliphatic carbocycles. The number of nitrogens with one attached hydrogen (secondary N) is 1. The fourth-order valence-corrected chi connectivity index (χ4v) is 2.01. The van der Waals surface area contributed by atoms with Crippen LogP contribution >= 0.6 is 27.5 Å². The Morgan fingerprint density at radius 1 is 1.22 bits per heavy atom. The highest BCUT2D eigenvalue weighted by atomic mass is 79.9. The summed E-state index contributed by atoms with van der Waals surface area (Å²) >= 11 is 9.31. The monoisotopic (exact) mass is 320 g/mol. The van der Waals surface area contributed by atoms with Gasteiger partial charge in [0, 0.05) is 15.2 Å². The number of benzene rings is 2. The zero-order valence-corrected chi connectivity index (χ0v) is 12.0. The first-order valence-electron chi connectivity index (χ1n) is 5.33. The number of rotatable bonds is 2. The predicted molar refractivity (Wildman–Crippen MR) is 78.3 cm³/mol. The molecule has 2 nitrogen and oxygen atoms in total. The molecule has 18 heavy (non-hydrogen) atoms. The van der Waals surface area contributed by atoms with E-state index in [-0.39, 0.29) is 0 Å². The van der Waals surface area contributed by atoms with Gasteiger partial charge in [0.05, 0.1) is 11.3 Å². The lowest BCUT2D eigenvalue weighted by Gasteiger charge is -2.10. The molecule has 0 unspecified atom stereocenters. The lowest BCUT2D eigenvalue weighted by Crippen LogP contribution is -1.94. The first-order valence-corrected chi connectivity index (χ1v) is 6.50. The molecule has 0 amide bonds. The van der Waals surface area contributed by atoms with Crippen molar-refractivity contribution < 1.29 is 0 Å². The van der Waals surface area contributed by atoms with Crippen molar-refractivity contribution in [1.29, 1.82) is 5.26 Å². The van der Waals surface area contributed by atoms with Crippen molar-refractivity contribution in [2.45, 2.75) is 6.92 Å². The molecule has 4 heteroatoms. The minimum atomic E-state index is 0.531. The summed E-state index contributed by atoms with van der Waals surface area (Å²) in [5.41, 5.74) is 3.36. The van der Waals surface area contributed by atoms with E-state index in [2.05, 4.69) is 27.3 Å². The zero-order valence-electron chi connectivity index (χ0n) is 9.67. The summed E-state index contributed by atoms with van der Waals surface area (Å²) in [5, 5.41) is 12.8. The van der Waals surface area contributed by atoms with E-state index < -0.39 is 0 Å². The molecule has 0 radical (unpaired) electrons. The van der Waals surface area contributed by atoms with Gasteiger partial charge in [0.2, 0.25) is 0 Å². The molecule has 0 heterocycles. The van der Waals surface area contributed by atoms with Crippen LogP contribution in [0, 0.1) is 18.3 Å². The van der Waals surface area contributed by atoms with E-state index >= 15 is 0 Å². The molecule has 2 aromatic carbocycles. The van der Waals surface area contributed by atoms with Gasteiger partial charge in [0.15, 0.2) is 0 Å². The van der Waals surface area contributed by atoms with Crippen LogP contribution in [0.15, 0.2) is 40.9 Å². The topological polar surface area (TPSA) is 35.8 Å². The highest BCUT2D eigenvalue weighted by Crippen LogP contribution is 2.26. The van der Waals surface area contributed by atoms with Crippen LogP contribution in [0.2, 0.25) is 5.02 Å². The standard InChI is InChI=1S/C14H10BrClN2/c1-9-6-12(3-4-13(9)15)18-14-5-2-11(16)7-10(14)8-17/h2-7,18H,1H3. The number of nitriles is 1. The average molecular weight is 322 g/mol. The maximum atomic E-state index is 9.06. The second kappa shape index (κ2) is 5.43. The van der Waals surface area contributed by atoms with Crippen LogP contribution in [0.25, 0.3) is 0 Å². The van der Waals surface area contributed by atoms with Gasteiger partial charge in [-0.3, -0.25) is 0 Å². The molecule has 0 aromatic heterocycles. The average Bonchev–Trinajstić information content (AvgIpc) is 2.36. The Morgan fingerprint density at radius 3 is 2.67 bits per heavy atom. The Kier molecular flexibility index (Phi) is 3.90. The Hall–Kier alpha value is -1.50. The fourth-order valence-electron chi connectivity index (χ4n) is 1.60. The van der Waals surface area contributed by atoms with Crippen molar-refractivity contribution in [3.63, 3.8) is 0 Å². The second-order valence-corrected chi connectivity index (χ2v) is 5.18. The molecule has 2 rings (SSSR count). The lowest BCUT2D eigenvalue weighted by atomic mass is 10.1. The van der Waals surface area contributed by atoms with Crippen molar-refractivity contribution in [2.75, 3.05) is 5.32 Å². The molecule has 0 bridgehead atoms. The van der Waals surface area contributed by atoms with Gasteiger partial charge in [-0.25, -0.2) is 0 Å². The van der Waals surface area contributed by atoms with E-state index in [0.29, 0.717) is 10.6 Å². The number of aryl methyl sites for hydroxylation is 1. The summed E-state index contributed by atoms with van der Waals surface area (Å²) in [6.07, 6.45) is 0. The second-order valence-electron chi connectivity index (χ2n) is 3.89. The van der Waals surface area contributed by atoms with Crippen molar-refractivity contribution in [3.8, 4) is 6.07 Å². The first-order chi connectivity index (χ1) is 8.60. The van der Waals surface area contributed by atoms with Crippen molar-refractivity contribution >= 4 is 38.9 Å². The fraction of sp³-hybridized carbons (Fsp3) is 0.0714. The van der Waals surface area contributed by atoms with Crippen LogP contribution in [0.3, 0.4) is 0 Å². The van der Waals surface area contributed by atoms with Gasteiger partial charge in [-0.05, 0) is 48.9 Å². The van der Waals surface area contributed by atoms with Crippen LogP contribution in [-0.4, -0.2) is 0 Å². The molecule has 0 spiro atoms. The first kappa shape index (κ1) is 12.9. The third-order valence-corrected chi connectivity index (χ3v) is 3.66. The van der Waals surface area contributed by atoms with E-state index in [1.807, 2.05) is 25.1 Å². The normalized spacial score (nSPS) is 9.89. The molecule has 0 fully saturated rings. The van der Waals surface area contributed by atoms with Crippen LogP contribution in [0.4, 0.5) is 11.4 Å². The van der Waals surface area contributed by atoms with Gasteiger partial charge in [0.1, 0.15) is 6.07 Å². The molecule has 2 aromatic rings. The van der Waals surface area contributed by atoms with Crippen LogP contribution < -0.4 is 5.32 Å². The van der Waals surface area contributed by atoms with Crippen LogP contribution in [-0.2, 0) is 0 Å². The molecular weight excluding hydrogens is 312 g/mol. The van der Waals surface area contributed by atoms with E-state index in [9.17, 15) is 0 Å². The molecule has 0 aliphatic heterocycles. The van der Waals surface area contributed by atoms with Crippen molar-refractivity contribution in [1.82, 2.24) is 0 Å². The number of halogens is 2. The Bertz CT molecular complexity index is 632. The molecular formula is C14H10BrClN2.